The lowest BCUT2D eigenvalue weighted by Crippen LogP contribution is -2.11. The summed E-state index contributed by atoms with van der Waals surface area (Å²) < 4.78 is 0. The van der Waals surface area contributed by atoms with Gasteiger partial charge in [-0.15, -0.1) is 0 Å². The maximum atomic E-state index is 9.95. The summed E-state index contributed by atoms with van der Waals surface area (Å²) in [6, 6.07) is 9.48. The topological polar surface area (TPSA) is 40.5 Å². The van der Waals surface area contributed by atoms with E-state index in [9.17, 15) is 10.2 Å². The van der Waals surface area contributed by atoms with E-state index in [1.165, 1.54) is 12.8 Å². The van der Waals surface area contributed by atoms with Gasteiger partial charge >= 0.3 is 0 Å². The molecule has 0 bridgehead atoms. The summed E-state index contributed by atoms with van der Waals surface area (Å²) >= 11 is 0. The van der Waals surface area contributed by atoms with Crippen molar-refractivity contribution in [3.8, 4) is 0 Å². The maximum Gasteiger partial charge on any atom is 0.0814 e. The summed E-state index contributed by atoms with van der Waals surface area (Å²) in [5.74, 6) is 0. The Morgan fingerprint density at radius 3 is 2.50 bits per heavy atom. The zero-order chi connectivity index (χ0) is 13.2. The van der Waals surface area contributed by atoms with E-state index in [0.717, 1.165) is 12.0 Å². The monoisotopic (exact) mass is 248 g/mol. The van der Waals surface area contributed by atoms with E-state index >= 15 is 0 Å². The van der Waals surface area contributed by atoms with Crippen molar-refractivity contribution < 1.29 is 10.2 Å². The molecular formula is C16H24O2. The van der Waals surface area contributed by atoms with E-state index in [2.05, 4.69) is 13.0 Å². The number of hydrogen-bond donors (Lipinski definition) is 2. The summed E-state index contributed by atoms with van der Waals surface area (Å²) in [6.07, 6.45) is 7.54. The lowest BCUT2D eigenvalue weighted by Gasteiger charge is -2.14. The summed E-state index contributed by atoms with van der Waals surface area (Å²) in [5, 5.41) is 19.8. The molecule has 0 heterocycles. The van der Waals surface area contributed by atoms with Crippen LogP contribution in [0.4, 0.5) is 0 Å². The number of rotatable bonds is 8. The third kappa shape index (κ3) is 5.99. The molecule has 100 valence electrons. The minimum Gasteiger partial charge on any atom is -0.393 e. The molecule has 0 aliphatic heterocycles. The van der Waals surface area contributed by atoms with Crippen LogP contribution in [0.5, 0.6) is 0 Å². The molecule has 0 unspecified atom stereocenters. The second kappa shape index (κ2) is 8.90. The highest BCUT2D eigenvalue weighted by molar-refractivity contribution is 5.17. The molecule has 2 N–H and O–H groups in total. The van der Waals surface area contributed by atoms with Gasteiger partial charge in [0.05, 0.1) is 12.2 Å². The smallest absolute Gasteiger partial charge is 0.0814 e. The number of unbranched alkanes of at least 4 members (excludes halogenated alkanes) is 2. The maximum absolute atomic E-state index is 9.95. The standard InChI is InChI=1S/C16H24O2/c1-2-3-4-5-9-12-15(17)13-16(18)14-10-7-6-8-11-14/h5-11,15-18H,2-4,12-13H2,1H3/b9-5-/t15-,16-/m0/s1. The van der Waals surface area contributed by atoms with Gasteiger partial charge in [-0.05, 0) is 18.4 Å². The molecule has 2 nitrogen and oxygen atoms in total. The first kappa shape index (κ1) is 14.9. The van der Waals surface area contributed by atoms with Crippen molar-refractivity contribution in [2.45, 2.75) is 51.2 Å². The first-order valence-corrected chi connectivity index (χ1v) is 6.80. The predicted octanol–water partition coefficient (Wildman–Crippen LogP) is 3.61. The van der Waals surface area contributed by atoms with Crippen molar-refractivity contribution in [3.63, 3.8) is 0 Å². The van der Waals surface area contributed by atoms with Crippen LogP contribution in [0.3, 0.4) is 0 Å². The van der Waals surface area contributed by atoms with Crippen LogP contribution < -0.4 is 0 Å². The molecule has 0 aromatic heterocycles. The minimum atomic E-state index is -0.578. The van der Waals surface area contributed by atoms with E-state index in [1.807, 2.05) is 36.4 Å². The molecule has 0 aliphatic rings. The summed E-state index contributed by atoms with van der Waals surface area (Å²) in [6.45, 7) is 2.17. The molecule has 2 heteroatoms. The van der Waals surface area contributed by atoms with Gasteiger partial charge in [0.15, 0.2) is 0 Å². The average molecular weight is 248 g/mol. The fourth-order valence-corrected chi connectivity index (χ4v) is 1.86. The second-order valence-corrected chi connectivity index (χ2v) is 4.67. The molecule has 0 radical (unpaired) electrons. The second-order valence-electron chi connectivity index (χ2n) is 4.67. The molecule has 1 aromatic rings. The van der Waals surface area contributed by atoms with Crippen LogP contribution in [-0.2, 0) is 0 Å². The number of aliphatic hydroxyl groups excluding tert-OH is 2. The Labute approximate surface area is 110 Å². The normalized spacial score (nSPS) is 14.8. The fourth-order valence-electron chi connectivity index (χ4n) is 1.86. The SMILES string of the molecule is CCCC/C=C\C[C@H](O)C[C@H](O)c1ccccc1. The van der Waals surface area contributed by atoms with Gasteiger partial charge < -0.3 is 10.2 Å². The molecule has 0 aliphatic carbocycles. The number of aliphatic hydroxyl groups is 2. The molecule has 0 spiro atoms. The third-order valence-electron chi connectivity index (χ3n) is 2.98. The van der Waals surface area contributed by atoms with E-state index < -0.39 is 12.2 Å². The summed E-state index contributed by atoms with van der Waals surface area (Å²) in [5.41, 5.74) is 0.867. The number of hydrogen-bond acceptors (Lipinski definition) is 2. The van der Waals surface area contributed by atoms with E-state index in [-0.39, 0.29) is 0 Å². The summed E-state index contributed by atoms with van der Waals surface area (Å²) in [7, 11) is 0. The van der Waals surface area contributed by atoms with E-state index in [0.29, 0.717) is 12.8 Å². The first-order valence-electron chi connectivity index (χ1n) is 6.80. The minimum absolute atomic E-state index is 0.391. The lowest BCUT2D eigenvalue weighted by atomic mass is 10.0. The lowest BCUT2D eigenvalue weighted by molar-refractivity contribution is 0.0821. The van der Waals surface area contributed by atoms with Crippen molar-refractivity contribution in [2.75, 3.05) is 0 Å². The first-order chi connectivity index (χ1) is 8.74. The molecule has 18 heavy (non-hydrogen) atoms. The molecule has 0 fully saturated rings. The van der Waals surface area contributed by atoms with Gasteiger partial charge in [0, 0.05) is 6.42 Å². The molecule has 2 atom stereocenters. The van der Waals surface area contributed by atoms with Crippen molar-refractivity contribution in [2.24, 2.45) is 0 Å². The van der Waals surface area contributed by atoms with Crippen LogP contribution >= 0.6 is 0 Å². The van der Waals surface area contributed by atoms with E-state index in [1.54, 1.807) is 0 Å². The molecule has 1 rings (SSSR count). The molecular weight excluding hydrogens is 224 g/mol. The molecule has 0 saturated carbocycles. The van der Waals surface area contributed by atoms with Crippen LogP contribution in [0.2, 0.25) is 0 Å². The van der Waals surface area contributed by atoms with Crippen LogP contribution in [0.25, 0.3) is 0 Å². The molecule has 1 aromatic carbocycles. The number of benzene rings is 1. The highest BCUT2D eigenvalue weighted by Crippen LogP contribution is 2.19. The largest absolute Gasteiger partial charge is 0.393 e. The predicted molar refractivity (Wildman–Crippen MR) is 75.3 cm³/mol. The zero-order valence-corrected chi connectivity index (χ0v) is 11.1. The van der Waals surface area contributed by atoms with Crippen molar-refractivity contribution >= 4 is 0 Å². The van der Waals surface area contributed by atoms with Gasteiger partial charge in [0.25, 0.3) is 0 Å². The Morgan fingerprint density at radius 2 is 1.83 bits per heavy atom. The number of allylic oxidation sites excluding steroid dienone is 1. The van der Waals surface area contributed by atoms with Gasteiger partial charge in [0.1, 0.15) is 0 Å². The van der Waals surface area contributed by atoms with E-state index in [4.69, 9.17) is 0 Å². The molecule has 0 amide bonds. The van der Waals surface area contributed by atoms with Gasteiger partial charge in [-0.1, -0.05) is 62.2 Å². The Kier molecular flexibility index (Phi) is 7.38. The van der Waals surface area contributed by atoms with Crippen LogP contribution in [0.1, 0.15) is 50.7 Å². The Morgan fingerprint density at radius 1 is 1.11 bits per heavy atom. The van der Waals surface area contributed by atoms with Gasteiger partial charge in [0.2, 0.25) is 0 Å². The Hall–Kier alpha value is -1.12. The Balaban J connectivity index is 2.27. The van der Waals surface area contributed by atoms with Crippen LogP contribution in [0, 0.1) is 0 Å². The van der Waals surface area contributed by atoms with Crippen LogP contribution in [-0.4, -0.2) is 16.3 Å². The molecule has 0 saturated heterocycles. The van der Waals surface area contributed by atoms with Crippen LogP contribution in [0.15, 0.2) is 42.5 Å². The average Bonchev–Trinajstić information content (AvgIpc) is 2.39. The van der Waals surface area contributed by atoms with Gasteiger partial charge in [-0.25, -0.2) is 0 Å². The fraction of sp³-hybridized carbons (Fsp3) is 0.500. The summed E-state index contributed by atoms with van der Waals surface area (Å²) in [4.78, 5) is 0. The Bertz CT molecular complexity index is 332. The van der Waals surface area contributed by atoms with Gasteiger partial charge in [-0.2, -0.15) is 0 Å². The van der Waals surface area contributed by atoms with Crippen molar-refractivity contribution in [1.29, 1.82) is 0 Å². The highest BCUT2D eigenvalue weighted by atomic mass is 16.3. The third-order valence-corrected chi connectivity index (χ3v) is 2.98. The van der Waals surface area contributed by atoms with Crippen molar-refractivity contribution in [1.82, 2.24) is 0 Å². The zero-order valence-electron chi connectivity index (χ0n) is 11.1. The highest BCUT2D eigenvalue weighted by Gasteiger charge is 2.12. The van der Waals surface area contributed by atoms with Gasteiger partial charge in [-0.3, -0.25) is 0 Å². The quantitative estimate of drug-likeness (QED) is 0.545. The van der Waals surface area contributed by atoms with Crippen molar-refractivity contribution in [3.05, 3.63) is 48.0 Å².